The predicted octanol–water partition coefficient (Wildman–Crippen LogP) is 3.60. The molecule has 0 aliphatic carbocycles. The highest BCUT2D eigenvalue weighted by molar-refractivity contribution is 7.97. The zero-order valence-corrected chi connectivity index (χ0v) is 15.9. The van der Waals surface area contributed by atoms with Crippen molar-refractivity contribution in [3.8, 4) is 0 Å². The smallest absolute Gasteiger partial charge is 0.374 e. The van der Waals surface area contributed by atoms with Gasteiger partial charge in [-0.25, -0.2) is 9.29 Å². The summed E-state index contributed by atoms with van der Waals surface area (Å²) in [7, 11) is 0. The van der Waals surface area contributed by atoms with Crippen LogP contribution in [-0.4, -0.2) is 59.1 Å². The van der Waals surface area contributed by atoms with Crippen LogP contribution in [-0.2, 0) is 10.9 Å². The topological polar surface area (TPSA) is 28.6 Å². The first kappa shape index (κ1) is 18.5. The average Bonchev–Trinajstić information content (AvgIpc) is 2.90. The summed E-state index contributed by atoms with van der Waals surface area (Å²) in [6.45, 7) is 9.86. The van der Waals surface area contributed by atoms with Crippen LogP contribution >= 0.6 is 11.9 Å². The average molecular weight is 387 g/mol. The molecule has 0 N–H and O–H groups in total. The first-order valence-electron chi connectivity index (χ1n) is 9.01. The van der Waals surface area contributed by atoms with Gasteiger partial charge in [-0.15, -0.1) is 0 Å². The van der Waals surface area contributed by atoms with Gasteiger partial charge in [-0.1, -0.05) is 0 Å². The van der Waals surface area contributed by atoms with E-state index in [1.165, 1.54) is 18.0 Å². The molecule has 0 saturated carbocycles. The second-order valence-corrected chi connectivity index (χ2v) is 9.35. The Hall–Kier alpha value is -0.830. The second-order valence-electron chi connectivity index (χ2n) is 8.21. The van der Waals surface area contributed by atoms with Crippen molar-refractivity contribution in [2.75, 3.05) is 39.3 Å². The van der Waals surface area contributed by atoms with Crippen LogP contribution in [0.25, 0.3) is 0 Å². The summed E-state index contributed by atoms with van der Waals surface area (Å²) in [6, 6.07) is 2.60. The van der Waals surface area contributed by atoms with Gasteiger partial charge in [-0.2, -0.15) is 13.2 Å². The van der Waals surface area contributed by atoms with Gasteiger partial charge in [0.15, 0.2) is 0 Å². The molecule has 1 aromatic rings. The molecule has 3 aliphatic heterocycles. The van der Waals surface area contributed by atoms with Crippen molar-refractivity contribution in [3.05, 3.63) is 23.5 Å². The van der Waals surface area contributed by atoms with Crippen molar-refractivity contribution < 1.29 is 17.9 Å². The number of alkyl halides is 3. The van der Waals surface area contributed by atoms with Gasteiger partial charge in [0.1, 0.15) is 5.69 Å². The number of halogens is 3. The molecule has 0 aromatic carbocycles. The van der Waals surface area contributed by atoms with E-state index in [0.717, 1.165) is 63.1 Å². The predicted molar refractivity (Wildman–Crippen MR) is 93.9 cm³/mol. The number of likely N-dealkylation sites (tertiary alicyclic amines) is 1. The second kappa shape index (κ2) is 6.36. The van der Waals surface area contributed by atoms with E-state index in [9.17, 15) is 13.2 Å². The number of pyridine rings is 1. The third-order valence-electron chi connectivity index (χ3n) is 5.56. The van der Waals surface area contributed by atoms with Crippen LogP contribution in [0.15, 0.2) is 17.0 Å². The summed E-state index contributed by atoms with van der Waals surface area (Å²) in [5.41, 5.74) is -0.0121. The van der Waals surface area contributed by atoms with E-state index in [1.807, 2.05) is 0 Å². The normalized spacial score (nSPS) is 29.0. The van der Waals surface area contributed by atoms with Gasteiger partial charge in [0.2, 0.25) is 0 Å². The van der Waals surface area contributed by atoms with Gasteiger partial charge in [0, 0.05) is 49.6 Å². The molecule has 26 heavy (non-hydrogen) atoms. The highest BCUT2D eigenvalue weighted by Crippen LogP contribution is 2.45. The molecule has 0 bridgehead atoms. The summed E-state index contributed by atoms with van der Waals surface area (Å²) in [5.74, 6) is 0. The van der Waals surface area contributed by atoms with Crippen molar-refractivity contribution in [2.45, 2.75) is 43.4 Å². The van der Waals surface area contributed by atoms with Gasteiger partial charge in [-0.3, -0.25) is 4.90 Å². The van der Waals surface area contributed by atoms with Crippen molar-refractivity contribution in [1.82, 2.24) is 14.2 Å². The van der Waals surface area contributed by atoms with Gasteiger partial charge in [0.05, 0.1) is 11.3 Å². The van der Waals surface area contributed by atoms with E-state index in [1.54, 1.807) is 6.92 Å². The minimum Gasteiger partial charge on any atom is -0.374 e. The Bertz CT molecular complexity index is 677. The Morgan fingerprint density at radius 1 is 1.23 bits per heavy atom. The summed E-state index contributed by atoms with van der Waals surface area (Å²) < 4.78 is 46.2. The number of ether oxygens (including phenoxy) is 1. The Labute approximate surface area is 156 Å². The fourth-order valence-electron chi connectivity index (χ4n) is 4.36. The van der Waals surface area contributed by atoms with Crippen LogP contribution < -0.4 is 0 Å². The fraction of sp³-hybridized carbons (Fsp3) is 0.722. The lowest BCUT2D eigenvalue weighted by atomic mass is 9.74. The van der Waals surface area contributed by atoms with E-state index in [0.29, 0.717) is 11.1 Å². The summed E-state index contributed by atoms with van der Waals surface area (Å²) in [5, 5.41) is 0. The minimum absolute atomic E-state index is 0.0167. The van der Waals surface area contributed by atoms with E-state index in [-0.39, 0.29) is 5.60 Å². The molecule has 8 heteroatoms. The van der Waals surface area contributed by atoms with Crippen molar-refractivity contribution in [2.24, 2.45) is 5.41 Å². The highest BCUT2D eigenvalue weighted by atomic mass is 32.2. The van der Waals surface area contributed by atoms with Crippen LogP contribution in [0.4, 0.5) is 13.2 Å². The van der Waals surface area contributed by atoms with Crippen LogP contribution in [0.1, 0.15) is 31.2 Å². The van der Waals surface area contributed by atoms with E-state index >= 15 is 0 Å². The van der Waals surface area contributed by atoms with Crippen LogP contribution in [0.3, 0.4) is 0 Å². The Kier molecular flexibility index (Phi) is 4.53. The maximum absolute atomic E-state index is 12.7. The molecule has 0 amide bonds. The molecule has 3 aliphatic rings. The summed E-state index contributed by atoms with van der Waals surface area (Å²) in [6.07, 6.45) is -2.09. The molecule has 1 atom stereocenters. The van der Waals surface area contributed by atoms with Crippen LogP contribution in [0, 0.1) is 12.3 Å². The van der Waals surface area contributed by atoms with Crippen molar-refractivity contribution in [3.63, 3.8) is 0 Å². The maximum atomic E-state index is 12.7. The van der Waals surface area contributed by atoms with E-state index < -0.39 is 11.9 Å². The fourth-order valence-corrected chi connectivity index (χ4v) is 5.62. The van der Waals surface area contributed by atoms with Crippen LogP contribution in [0.2, 0.25) is 0 Å². The van der Waals surface area contributed by atoms with Gasteiger partial charge < -0.3 is 4.74 Å². The Morgan fingerprint density at radius 3 is 2.54 bits per heavy atom. The zero-order chi connectivity index (χ0) is 18.6. The highest BCUT2D eigenvalue weighted by Gasteiger charge is 2.53. The molecule has 1 unspecified atom stereocenters. The van der Waals surface area contributed by atoms with E-state index in [2.05, 4.69) is 21.1 Å². The first-order chi connectivity index (χ1) is 12.2. The SMILES string of the molecule is Cc1nc(C(F)(F)F)ccc1SN1CC2(CN(CC3(C)CCCO3)C2)C1. The molecular weight excluding hydrogens is 363 g/mol. The third-order valence-corrected chi connectivity index (χ3v) is 6.70. The van der Waals surface area contributed by atoms with Crippen molar-refractivity contribution >= 4 is 11.9 Å². The standard InChI is InChI=1S/C18H24F3N3OS/c1-13-14(4-5-15(22-13)18(19,20)21)26-24-11-17(12-24)9-23(10-17)8-16(2)6-3-7-25-16/h4-5H,3,6-12H2,1-2H3. The molecular formula is C18H24F3N3OS. The summed E-state index contributed by atoms with van der Waals surface area (Å²) >= 11 is 1.52. The number of hydrogen-bond acceptors (Lipinski definition) is 5. The molecule has 1 spiro atoms. The quantitative estimate of drug-likeness (QED) is 0.737. The van der Waals surface area contributed by atoms with Gasteiger partial charge in [0.25, 0.3) is 0 Å². The molecule has 3 saturated heterocycles. The minimum atomic E-state index is -4.39. The third kappa shape index (κ3) is 3.61. The lowest BCUT2D eigenvalue weighted by molar-refractivity contribution is -0.141. The number of rotatable bonds is 4. The maximum Gasteiger partial charge on any atom is 0.433 e. The molecule has 4 heterocycles. The largest absolute Gasteiger partial charge is 0.433 e. The molecule has 144 valence electrons. The number of hydrogen-bond donors (Lipinski definition) is 0. The molecule has 3 fully saturated rings. The lowest BCUT2D eigenvalue weighted by Crippen LogP contribution is -2.71. The van der Waals surface area contributed by atoms with Gasteiger partial charge >= 0.3 is 6.18 Å². The summed E-state index contributed by atoms with van der Waals surface area (Å²) in [4.78, 5) is 6.98. The van der Waals surface area contributed by atoms with Crippen molar-refractivity contribution in [1.29, 1.82) is 0 Å². The first-order valence-corrected chi connectivity index (χ1v) is 9.78. The van der Waals surface area contributed by atoms with E-state index in [4.69, 9.17) is 4.74 Å². The Balaban J connectivity index is 1.26. The molecule has 4 rings (SSSR count). The lowest BCUT2D eigenvalue weighted by Gasteiger charge is -2.60. The van der Waals surface area contributed by atoms with Gasteiger partial charge in [-0.05, 0) is 50.8 Å². The molecule has 0 radical (unpaired) electrons. The van der Waals surface area contributed by atoms with Crippen LogP contribution in [0.5, 0.6) is 0 Å². The molecule has 4 nitrogen and oxygen atoms in total. The number of nitrogens with zero attached hydrogens (tertiary/aromatic N) is 3. The molecule has 1 aromatic heterocycles. The zero-order valence-electron chi connectivity index (χ0n) is 15.1. The Morgan fingerprint density at radius 2 is 1.96 bits per heavy atom. The number of aryl methyl sites for hydroxylation is 1. The number of aromatic nitrogens is 1. The monoisotopic (exact) mass is 387 g/mol.